The molecule has 1 N–H and O–H groups in total. The Bertz CT molecular complexity index is 132. The maximum absolute atomic E-state index is 5.33. The standard InChI is InChI=1S/C9H19NOS/c1-9(2,11-3)7-10-8-4-5-12-6-8/h8,10H,4-7H2,1-3H3. The second kappa shape index (κ2) is 4.49. The van der Waals surface area contributed by atoms with Crippen LogP contribution in [0.3, 0.4) is 0 Å². The highest BCUT2D eigenvalue weighted by molar-refractivity contribution is 7.99. The van der Waals surface area contributed by atoms with Crippen molar-refractivity contribution in [2.75, 3.05) is 25.2 Å². The highest BCUT2D eigenvalue weighted by Gasteiger charge is 2.20. The molecule has 0 aromatic heterocycles. The molecule has 0 bridgehead atoms. The quantitative estimate of drug-likeness (QED) is 0.724. The molecular weight excluding hydrogens is 170 g/mol. The van der Waals surface area contributed by atoms with Gasteiger partial charge in [0.1, 0.15) is 0 Å². The summed E-state index contributed by atoms with van der Waals surface area (Å²) >= 11 is 2.04. The predicted octanol–water partition coefficient (Wildman–Crippen LogP) is 1.51. The highest BCUT2D eigenvalue weighted by atomic mass is 32.2. The van der Waals surface area contributed by atoms with Crippen molar-refractivity contribution in [3.63, 3.8) is 0 Å². The van der Waals surface area contributed by atoms with Gasteiger partial charge in [0, 0.05) is 25.4 Å². The Balaban J connectivity index is 2.15. The minimum atomic E-state index is -0.0206. The molecule has 0 aromatic carbocycles. The molecule has 1 aliphatic heterocycles. The van der Waals surface area contributed by atoms with Crippen LogP contribution in [0, 0.1) is 0 Å². The van der Waals surface area contributed by atoms with Crippen molar-refractivity contribution in [2.45, 2.75) is 31.9 Å². The monoisotopic (exact) mass is 189 g/mol. The molecule has 0 aliphatic carbocycles. The molecule has 1 saturated heterocycles. The van der Waals surface area contributed by atoms with Gasteiger partial charge >= 0.3 is 0 Å². The molecule has 1 atom stereocenters. The summed E-state index contributed by atoms with van der Waals surface area (Å²) in [6.45, 7) is 5.18. The Morgan fingerprint density at radius 2 is 2.33 bits per heavy atom. The summed E-state index contributed by atoms with van der Waals surface area (Å²) in [7, 11) is 1.77. The van der Waals surface area contributed by atoms with Gasteiger partial charge in [-0.25, -0.2) is 0 Å². The van der Waals surface area contributed by atoms with E-state index in [1.165, 1.54) is 17.9 Å². The second-order valence-electron chi connectivity index (χ2n) is 3.91. The van der Waals surface area contributed by atoms with E-state index in [9.17, 15) is 0 Å². The average molecular weight is 189 g/mol. The Labute approximate surface area is 79.4 Å². The number of rotatable bonds is 4. The lowest BCUT2D eigenvalue weighted by molar-refractivity contribution is 0.0216. The first kappa shape index (κ1) is 10.4. The van der Waals surface area contributed by atoms with Crippen molar-refractivity contribution in [1.29, 1.82) is 0 Å². The van der Waals surface area contributed by atoms with Gasteiger partial charge in [0.25, 0.3) is 0 Å². The van der Waals surface area contributed by atoms with Gasteiger partial charge in [0.2, 0.25) is 0 Å². The Morgan fingerprint density at radius 3 is 2.83 bits per heavy atom. The van der Waals surface area contributed by atoms with Gasteiger partial charge in [-0.05, 0) is 26.0 Å². The van der Waals surface area contributed by atoms with E-state index in [2.05, 4.69) is 19.2 Å². The number of hydrogen-bond acceptors (Lipinski definition) is 3. The van der Waals surface area contributed by atoms with Gasteiger partial charge in [-0.3, -0.25) is 0 Å². The summed E-state index contributed by atoms with van der Waals surface area (Å²) in [6, 6.07) is 0.712. The summed E-state index contributed by atoms with van der Waals surface area (Å²) in [5.41, 5.74) is -0.0206. The average Bonchev–Trinajstić information content (AvgIpc) is 2.53. The van der Waals surface area contributed by atoms with Gasteiger partial charge in [-0.15, -0.1) is 0 Å². The maximum Gasteiger partial charge on any atom is 0.0746 e. The number of hydrogen-bond donors (Lipinski definition) is 1. The normalized spacial score (nSPS) is 24.8. The molecule has 0 aromatic rings. The fraction of sp³-hybridized carbons (Fsp3) is 1.00. The molecule has 1 fully saturated rings. The van der Waals surface area contributed by atoms with Crippen molar-refractivity contribution in [3.8, 4) is 0 Å². The fourth-order valence-electron chi connectivity index (χ4n) is 1.16. The minimum absolute atomic E-state index is 0.0206. The zero-order chi connectivity index (χ0) is 9.03. The molecule has 0 amide bonds. The van der Waals surface area contributed by atoms with Crippen LogP contribution in [0.25, 0.3) is 0 Å². The Kier molecular flexibility index (Phi) is 3.87. The van der Waals surface area contributed by atoms with Gasteiger partial charge < -0.3 is 10.1 Å². The topological polar surface area (TPSA) is 21.3 Å². The van der Waals surface area contributed by atoms with E-state index in [0.29, 0.717) is 6.04 Å². The highest BCUT2D eigenvalue weighted by Crippen LogP contribution is 2.17. The van der Waals surface area contributed by atoms with Crippen LogP contribution in [-0.4, -0.2) is 36.8 Å². The van der Waals surface area contributed by atoms with Crippen LogP contribution in [0.1, 0.15) is 20.3 Å². The van der Waals surface area contributed by atoms with Crippen molar-refractivity contribution < 1.29 is 4.74 Å². The number of methoxy groups -OCH3 is 1. The van der Waals surface area contributed by atoms with Crippen molar-refractivity contribution >= 4 is 11.8 Å². The molecule has 72 valence electrons. The third kappa shape index (κ3) is 3.33. The molecular formula is C9H19NOS. The van der Waals surface area contributed by atoms with Crippen LogP contribution < -0.4 is 5.32 Å². The first-order chi connectivity index (χ1) is 5.64. The summed E-state index contributed by atoms with van der Waals surface area (Å²) in [5.74, 6) is 2.57. The van der Waals surface area contributed by atoms with Crippen LogP contribution >= 0.6 is 11.8 Å². The second-order valence-corrected chi connectivity index (χ2v) is 5.06. The van der Waals surface area contributed by atoms with Gasteiger partial charge in [0.05, 0.1) is 5.60 Å². The molecule has 0 radical (unpaired) electrons. The third-order valence-electron chi connectivity index (χ3n) is 2.30. The summed E-state index contributed by atoms with van der Waals surface area (Å²) < 4.78 is 5.33. The summed E-state index contributed by atoms with van der Waals surface area (Å²) in [4.78, 5) is 0. The summed E-state index contributed by atoms with van der Waals surface area (Å²) in [5, 5.41) is 3.53. The molecule has 1 aliphatic rings. The maximum atomic E-state index is 5.33. The van der Waals surface area contributed by atoms with E-state index in [1.807, 2.05) is 11.8 Å². The van der Waals surface area contributed by atoms with Crippen LogP contribution in [0.4, 0.5) is 0 Å². The molecule has 1 rings (SSSR count). The number of ether oxygens (including phenoxy) is 1. The molecule has 1 unspecified atom stereocenters. The Hall–Kier alpha value is 0.270. The molecule has 3 heteroatoms. The lowest BCUT2D eigenvalue weighted by atomic mass is 10.1. The number of nitrogens with one attached hydrogen (secondary N) is 1. The zero-order valence-electron chi connectivity index (χ0n) is 8.22. The first-order valence-electron chi connectivity index (χ1n) is 4.50. The largest absolute Gasteiger partial charge is 0.377 e. The van der Waals surface area contributed by atoms with Crippen LogP contribution in [-0.2, 0) is 4.74 Å². The van der Waals surface area contributed by atoms with E-state index in [-0.39, 0.29) is 5.60 Å². The summed E-state index contributed by atoms with van der Waals surface area (Å²) in [6.07, 6.45) is 1.31. The van der Waals surface area contributed by atoms with E-state index < -0.39 is 0 Å². The van der Waals surface area contributed by atoms with Gasteiger partial charge in [-0.1, -0.05) is 0 Å². The SMILES string of the molecule is COC(C)(C)CNC1CCSC1. The van der Waals surface area contributed by atoms with E-state index in [1.54, 1.807) is 7.11 Å². The van der Waals surface area contributed by atoms with Crippen LogP contribution in [0.5, 0.6) is 0 Å². The first-order valence-corrected chi connectivity index (χ1v) is 5.66. The molecule has 0 saturated carbocycles. The van der Waals surface area contributed by atoms with Crippen LogP contribution in [0.15, 0.2) is 0 Å². The molecule has 1 heterocycles. The zero-order valence-corrected chi connectivity index (χ0v) is 9.04. The third-order valence-corrected chi connectivity index (χ3v) is 3.46. The minimum Gasteiger partial charge on any atom is -0.377 e. The fourth-order valence-corrected chi connectivity index (χ4v) is 2.34. The molecule has 2 nitrogen and oxygen atoms in total. The van der Waals surface area contributed by atoms with Crippen molar-refractivity contribution in [1.82, 2.24) is 5.32 Å². The van der Waals surface area contributed by atoms with E-state index >= 15 is 0 Å². The van der Waals surface area contributed by atoms with Crippen LogP contribution in [0.2, 0.25) is 0 Å². The lowest BCUT2D eigenvalue weighted by Crippen LogP contribution is -2.41. The van der Waals surface area contributed by atoms with E-state index in [0.717, 1.165) is 6.54 Å². The van der Waals surface area contributed by atoms with Gasteiger partial charge in [0.15, 0.2) is 0 Å². The lowest BCUT2D eigenvalue weighted by Gasteiger charge is -2.25. The van der Waals surface area contributed by atoms with E-state index in [4.69, 9.17) is 4.74 Å². The molecule has 12 heavy (non-hydrogen) atoms. The van der Waals surface area contributed by atoms with Crippen molar-refractivity contribution in [2.24, 2.45) is 0 Å². The predicted molar refractivity (Wildman–Crippen MR) is 54.8 cm³/mol. The number of thioether (sulfide) groups is 1. The Morgan fingerprint density at radius 1 is 1.58 bits per heavy atom. The smallest absolute Gasteiger partial charge is 0.0746 e. The van der Waals surface area contributed by atoms with Gasteiger partial charge in [-0.2, -0.15) is 11.8 Å². The van der Waals surface area contributed by atoms with Crippen molar-refractivity contribution in [3.05, 3.63) is 0 Å². The molecule has 0 spiro atoms.